The van der Waals surface area contributed by atoms with Crippen molar-refractivity contribution in [1.29, 1.82) is 0 Å². The molecule has 18 heavy (non-hydrogen) atoms. The Kier molecular flexibility index (Phi) is 3.59. The molecule has 2 unspecified atom stereocenters. The van der Waals surface area contributed by atoms with Gasteiger partial charge in [-0.3, -0.25) is 0 Å². The third kappa shape index (κ3) is 1.99. The molecule has 0 aliphatic carbocycles. The smallest absolute Gasteiger partial charge is 0.125 e. The molecular formula is C14H21FN2O. The number of rotatable bonds is 4. The van der Waals surface area contributed by atoms with Gasteiger partial charge in [0, 0.05) is 25.9 Å². The number of halogens is 1. The van der Waals surface area contributed by atoms with Crippen LogP contribution in [0.1, 0.15) is 19.4 Å². The molecule has 0 spiro atoms. The van der Waals surface area contributed by atoms with E-state index in [4.69, 9.17) is 10.5 Å². The molecule has 0 fully saturated rings. The molecule has 0 saturated carbocycles. The summed E-state index contributed by atoms with van der Waals surface area (Å²) in [4.78, 5) is 2.18. The Bertz CT molecular complexity index is 438. The van der Waals surface area contributed by atoms with Crippen LogP contribution in [-0.4, -0.2) is 31.8 Å². The molecule has 1 heterocycles. The number of hydrogen-bond acceptors (Lipinski definition) is 3. The Labute approximate surface area is 108 Å². The fraction of sp³-hybridized carbons (Fsp3) is 0.571. The zero-order valence-corrected chi connectivity index (χ0v) is 11.2. The van der Waals surface area contributed by atoms with Gasteiger partial charge < -0.3 is 15.4 Å². The average molecular weight is 252 g/mol. The Hall–Kier alpha value is -1.13. The van der Waals surface area contributed by atoms with Crippen LogP contribution in [0.25, 0.3) is 0 Å². The second-order valence-corrected chi connectivity index (χ2v) is 5.11. The van der Waals surface area contributed by atoms with E-state index >= 15 is 0 Å². The molecular weight excluding hydrogens is 231 g/mol. The van der Waals surface area contributed by atoms with E-state index in [9.17, 15) is 4.39 Å². The number of methoxy groups -OCH3 is 1. The van der Waals surface area contributed by atoms with Gasteiger partial charge in [-0.15, -0.1) is 0 Å². The first kappa shape index (κ1) is 13.3. The minimum atomic E-state index is -0.312. The predicted molar refractivity (Wildman–Crippen MR) is 71.4 cm³/mol. The lowest BCUT2D eigenvalue weighted by Crippen LogP contribution is -2.58. The van der Waals surface area contributed by atoms with Gasteiger partial charge in [0.25, 0.3) is 0 Å². The summed E-state index contributed by atoms with van der Waals surface area (Å²) >= 11 is 0. The molecule has 1 aromatic carbocycles. The van der Waals surface area contributed by atoms with E-state index in [1.807, 2.05) is 13.0 Å². The maximum absolute atomic E-state index is 13.4. The molecule has 0 radical (unpaired) electrons. The molecule has 1 aliphatic heterocycles. The Balaban J connectivity index is 2.39. The van der Waals surface area contributed by atoms with Crippen LogP contribution in [0.15, 0.2) is 18.2 Å². The lowest BCUT2D eigenvalue weighted by Gasteiger charge is -2.43. The van der Waals surface area contributed by atoms with Gasteiger partial charge in [-0.25, -0.2) is 4.39 Å². The molecule has 0 amide bonds. The Morgan fingerprint density at radius 1 is 1.56 bits per heavy atom. The van der Waals surface area contributed by atoms with Crippen molar-refractivity contribution in [2.75, 3.05) is 25.1 Å². The minimum Gasteiger partial charge on any atom is -0.379 e. The number of hydrogen-bond donors (Lipinski definition) is 1. The lowest BCUT2D eigenvalue weighted by atomic mass is 9.93. The van der Waals surface area contributed by atoms with Gasteiger partial charge in [0.1, 0.15) is 5.82 Å². The van der Waals surface area contributed by atoms with Gasteiger partial charge >= 0.3 is 0 Å². The molecule has 2 atom stereocenters. The highest BCUT2D eigenvalue weighted by Crippen LogP contribution is 2.36. The SMILES string of the molecule is COC(C)C(C)(CN)N1CCc2ccc(F)cc21. The summed E-state index contributed by atoms with van der Waals surface area (Å²) in [6.45, 7) is 5.41. The summed E-state index contributed by atoms with van der Waals surface area (Å²) in [6, 6.07) is 4.97. The number of fused-ring (bicyclic) bond motifs is 1. The van der Waals surface area contributed by atoms with Gasteiger partial charge in [0.15, 0.2) is 0 Å². The van der Waals surface area contributed by atoms with Crippen LogP contribution < -0.4 is 10.6 Å². The van der Waals surface area contributed by atoms with Gasteiger partial charge in [-0.2, -0.15) is 0 Å². The van der Waals surface area contributed by atoms with Crippen LogP contribution in [0.4, 0.5) is 10.1 Å². The maximum Gasteiger partial charge on any atom is 0.125 e. The molecule has 1 aromatic rings. The van der Waals surface area contributed by atoms with Crippen LogP contribution in [0, 0.1) is 5.82 Å². The number of anilines is 1. The highest BCUT2D eigenvalue weighted by Gasteiger charge is 2.39. The molecule has 4 heteroatoms. The summed E-state index contributed by atoms with van der Waals surface area (Å²) < 4.78 is 18.9. The van der Waals surface area contributed by atoms with E-state index in [0.29, 0.717) is 6.54 Å². The average Bonchev–Trinajstić information content (AvgIpc) is 2.80. The number of nitrogens with zero attached hydrogens (tertiary/aromatic N) is 1. The van der Waals surface area contributed by atoms with Crippen LogP contribution in [0.5, 0.6) is 0 Å². The highest BCUT2D eigenvalue weighted by molar-refractivity contribution is 5.60. The second kappa shape index (κ2) is 4.86. The molecule has 3 nitrogen and oxygen atoms in total. The van der Waals surface area contributed by atoms with Crippen molar-refractivity contribution in [2.45, 2.75) is 31.9 Å². The number of ether oxygens (including phenoxy) is 1. The van der Waals surface area contributed by atoms with Crippen LogP contribution in [0.2, 0.25) is 0 Å². The minimum absolute atomic E-state index is 0.0169. The summed E-state index contributed by atoms with van der Waals surface area (Å²) in [6.07, 6.45) is 0.915. The normalized spacial score (nSPS) is 19.5. The van der Waals surface area contributed by atoms with Gasteiger partial charge in [-0.05, 0) is 38.0 Å². The second-order valence-electron chi connectivity index (χ2n) is 5.11. The summed E-state index contributed by atoms with van der Waals surface area (Å²) in [7, 11) is 1.68. The lowest BCUT2D eigenvalue weighted by molar-refractivity contribution is 0.0565. The van der Waals surface area contributed by atoms with E-state index in [2.05, 4.69) is 11.8 Å². The first-order valence-corrected chi connectivity index (χ1v) is 6.32. The van der Waals surface area contributed by atoms with Crippen LogP contribution in [0.3, 0.4) is 0 Å². The van der Waals surface area contributed by atoms with Gasteiger partial charge in [0.2, 0.25) is 0 Å². The Morgan fingerprint density at radius 3 is 2.89 bits per heavy atom. The van der Waals surface area contributed by atoms with Crippen molar-refractivity contribution in [3.63, 3.8) is 0 Å². The molecule has 2 N–H and O–H groups in total. The van der Waals surface area contributed by atoms with Crippen molar-refractivity contribution in [3.05, 3.63) is 29.6 Å². The fourth-order valence-corrected chi connectivity index (χ4v) is 2.63. The monoisotopic (exact) mass is 252 g/mol. The standard InChI is InChI=1S/C14H21FN2O/c1-10(18-3)14(2,9-16)17-7-6-11-4-5-12(15)8-13(11)17/h4-5,8,10H,6-7,9,16H2,1-3H3. The first-order chi connectivity index (χ1) is 8.52. The highest BCUT2D eigenvalue weighted by atomic mass is 19.1. The van der Waals surface area contributed by atoms with Crippen LogP contribution in [-0.2, 0) is 11.2 Å². The molecule has 0 aromatic heterocycles. The summed E-state index contributed by atoms with van der Waals surface area (Å²) in [5.74, 6) is -0.204. The van der Waals surface area contributed by atoms with E-state index < -0.39 is 0 Å². The van der Waals surface area contributed by atoms with Crippen molar-refractivity contribution in [2.24, 2.45) is 5.73 Å². The van der Waals surface area contributed by atoms with E-state index in [-0.39, 0.29) is 17.5 Å². The molecule has 0 bridgehead atoms. The number of nitrogens with two attached hydrogens (primary N) is 1. The van der Waals surface area contributed by atoms with E-state index in [1.54, 1.807) is 13.2 Å². The number of benzene rings is 1. The first-order valence-electron chi connectivity index (χ1n) is 6.32. The third-order valence-corrected chi connectivity index (χ3v) is 4.20. The van der Waals surface area contributed by atoms with E-state index in [0.717, 1.165) is 18.7 Å². The van der Waals surface area contributed by atoms with Crippen molar-refractivity contribution < 1.29 is 9.13 Å². The largest absolute Gasteiger partial charge is 0.379 e. The van der Waals surface area contributed by atoms with Crippen molar-refractivity contribution >= 4 is 5.69 Å². The topological polar surface area (TPSA) is 38.5 Å². The molecule has 100 valence electrons. The molecule has 2 rings (SSSR count). The summed E-state index contributed by atoms with van der Waals surface area (Å²) in [5.41, 5.74) is 7.76. The van der Waals surface area contributed by atoms with Crippen LogP contribution >= 0.6 is 0 Å². The van der Waals surface area contributed by atoms with Gasteiger partial charge in [0.05, 0.1) is 11.6 Å². The quantitative estimate of drug-likeness (QED) is 0.890. The Morgan fingerprint density at radius 2 is 2.28 bits per heavy atom. The third-order valence-electron chi connectivity index (χ3n) is 4.20. The zero-order chi connectivity index (χ0) is 13.3. The fourth-order valence-electron chi connectivity index (χ4n) is 2.63. The van der Waals surface area contributed by atoms with Gasteiger partial charge in [-0.1, -0.05) is 6.07 Å². The predicted octanol–water partition coefficient (Wildman–Crippen LogP) is 1.94. The molecule has 1 aliphatic rings. The molecule has 0 saturated heterocycles. The summed E-state index contributed by atoms with van der Waals surface area (Å²) in [5, 5.41) is 0. The maximum atomic E-state index is 13.4. The van der Waals surface area contributed by atoms with Crippen molar-refractivity contribution in [3.8, 4) is 0 Å². The van der Waals surface area contributed by atoms with E-state index in [1.165, 1.54) is 11.6 Å². The van der Waals surface area contributed by atoms with Crippen molar-refractivity contribution in [1.82, 2.24) is 0 Å². The zero-order valence-electron chi connectivity index (χ0n) is 11.2.